The number of hydrogen-bond donors (Lipinski definition) is 2. The van der Waals surface area contributed by atoms with Crippen LogP contribution in [-0.4, -0.2) is 4.98 Å². The van der Waals surface area contributed by atoms with E-state index in [1.165, 1.54) is 18.2 Å². The molecular formula is C14H13F4N3. The summed E-state index contributed by atoms with van der Waals surface area (Å²) in [7, 11) is 0. The average molecular weight is 299 g/mol. The van der Waals surface area contributed by atoms with E-state index in [0.717, 1.165) is 12.3 Å². The lowest BCUT2D eigenvalue weighted by molar-refractivity contribution is -0.137. The van der Waals surface area contributed by atoms with E-state index >= 15 is 0 Å². The molecule has 0 saturated carbocycles. The first-order valence-corrected chi connectivity index (χ1v) is 6.07. The number of benzene rings is 1. The molecule has 1 atom stereocenters. The van der Waals surface area contributed by atoms with Crippen LogP contribution in [0.2, 0.25) is 0 Å². The molecule has 3 N–H and O–H groups in total. The zero-order chi connectivity index (χ0) is 15.6. The number of rotatable bonds is 3. The van der Waals surface area contributed by atoms with Crippen molar-refractivity contribution < 1.29 is 17.6 Å². The molecular weight excluding hydrogens is 286 g/mol. The molecule has 0 saturated heterocycles. The Hall–Kier alpha value is -1.99. The van der Waals surface area contributed by atoms with Crippen LogP contribution in [0, 0.1) is 12.7 Å². The molecule has 0 radical (unpaired) electrons. The van der Waals surface area contributed by atoms with E-state index in [1.807, 2.05) is 0 Å². The highest BCUT2D eigenvalue weighted by molar-refractivity contribution is 5.32. The van der Waals surface area contributed by atoms with E-state index < -0.39 is 23.6 Å². The highest BCUT2D eigenvalue weighted by atomic mass is 19.4. The molecule has 0 spiro atoms. The van der Waals surface area contributed by atoms with Gasteiger partial charge in [0.05, 0.1) is 17.3 Å². The molecule has 0 fully saturated rings. The molecule has 0 aliphatic rings. The topological polar surface area (TPSA) is 50.9 Å². The standard InChI is InChI=1S/C14H13F4N3/c1-8-4-9(6-11(15)5-8)13(21-19)12-3-2-10(7-20-12)14(16,17)18/h2-7,13,21H,19H2,1H3. The summed E-state index contributed by atoms with van der Waals surface area (Å²) in [5.41, 5.74) is 3.03. The normalized spacial score (nSPS) is 13.2. The maximum Gasteiger partial charge on any atom is 0.417 e. The predicted molar refractivity (Wildman–Crippen MR) is 69.5 cm³/mol. The Morgan fingerprint density at radius 3 is 2.38 bits per heavy atom. The van der Waals surface area contributed by atoms with Crippen molar-refractivity contribution in [3.05, 3.63) is 64.7 Å². The van der Waals surface area contributed by atoms with E-state index in [4.69, 9.17) is 5.84 Å². The Kier molecular flexibility index (Phi) is 4.24. The summed E-state index contributed by atoms with van der Waals surface area (Å²) >= 11 is 0. The number of hydrazine groups is 1. The molecule has 112 valence electrons. The van der Waals surface area contributed by atoms with Gasteiger partial charge in [0.2, 0.25) is 0 Å². The first-order valence-electron chi connectivity index (χ1n) is 6.07. The van der Waals surface area contributed by atoms with Gasteiger partial charge >= 0.3 is 6.18 Å². The number of hydrogen-bond acceptors (Lipinski definition) is 3. The molecule has 0 aliphatic heterocycles. The predicted octanol–water partition coefficient (Wildman–Crippen LogP) is 3.10. The van der Waals surface area contributed by atoms with E-state index in [2.05, 4.69) is 10.4 Å². The van der Waals surface area contributed by atoms with Crippen molar-refractivity contribution in [2.75, 3.05) is 0 Å². The van der Waals surface area contributed by atoms with Crippen molar-refractivity contribution >= 4 is 0 Å². The SMILES string of the molecule is Cc1cc(F)cc(C(NN)c2ccc(C(F)(F)F)cn2)c1. The van der Waals surface area contributed by atoms with E-state index in [-0.39, 0.29) is 5.69 Å². The fourth-order valence-electron chi connectivity index (χ4n) is 2.03. The van der Waals surface area contributed by atoms with Crippen molar-refractivity contribution in [2.24, 2.45) is 5.84 Å². The number of halogens is 4. The Morgan fingerprint density at radius 2 is 1.90 bits per heavy atom. The molecule has 0 amide bonds. The Labute approximate surface area is 118 Å². The number of pyridine rings is 1. The molecule has 21 heavy (non-hydrogen) atoms. The number of aromatic nitrogens is 1. The summed E-state index contributed by atoms with van der Waals surface area (Å²) in [6, 6.07) is 5.73. The van der Waals surface area contributed by atoms with Crippen molar-refractivity contribution in [1.29, 1.82) is 0 Å². The maximum absolute atomic E-state index is 13.4. The second-order valence-electron chi connectivity index (χ2n) is 4.63. The van der Waals surface area contributed by atoms with Gasteiger partial charge in [-0.3, -0.25) is 10.8 Å². The molecule has 2 aromatic rings. The van der Waals surface area contributed by atoms with Crippen LogP contribution < -0.4 is 11.3 Å². The van der Waals surface area contributed by atoms with Gasteiger partial charge in [0.15, 0.2) is 0 Å². The van der Waals surface area contributed by atoms with Crippen LogP contribution >= 0.6 is 0 Å². The lowest BCUT2D eigenvalue weighted by Gasteiger charge is -2.17. The number of aryl methyl sites for hydroxylation is 1. The molecule has 2 rings (SSSR count). The summed E-state index contributed by atoms with van der Waals surface area (Å²) in [4.78, 5) is 3.77. The lowest BCUT2D eigenvalue weighted by Crippen LogP contribution is -2.29. The van der Waals surface area contributed by atoms with Crippen LogP contribution in [-0.2, 0) is 6.18 Å². The zero-order valence-electron chi connectivity index (χ0n) is 11.1. The molecule has 3 nitrogen and oxygen atoms in total. The maximum atomic E-state index is 13.4. The van der Waals surface area contributed by atoms with Gasteiger partial charge in [-0.05, 0) is 42.3 Å². The third-order valence-electron chi connectivity index (χ3n) is 2.97. The van der Waals surface area contributed by atoms with Crippen LogP contribution in [0.1, 0.15) is 28.4 Å². The molecule has 1 unspecified atom stereocenters. The summed E-state index contributed by atoms with van der Waals surface area (Å²) in [5.74, 6) is 4.98. The summed E-state index contributed by atoms with van der Waals surface area (Å²) in [6.45, 7) is 1.71. The van der Waals surface area contributed by atoms with Crippen molar-refractivity contribution in [3.8, 4) is 0 Å². The average Bonchev–Trinajstić information content (AvgIpc) is 2.38. The minimum absolute atomic E-state index is 0.274. The third kappa shape index (κ3) is 3.56. The number of alkyl halides is 3. The Morgan fingerprint density at radius 1 is 1.19 bits per heavy atom. The summed E-state index contributed by atoms with van der Waals surface area (Å²) < 4.78 is 50.9. The van der Waals surface area contributed by atoms with Gasteiger partial charge in [0.1, 0.15) is 5.82 Å². The minimum atomic E-state index is -4.45. The third-order valence-corrected chi connectivity index (χ3v) is 2.97. The van der Waals surface area contributed by atoms with Gasteiger partial charge < -0.3 is 0 Å². The van der Waals surface area contributed by atoms with Gasteiger partial charge in [-0.1, -0.05) is 6.07 Å². The summed E-state index contributed by atoms with van der Waals surface area (Å²) in [6.07, 6.45) is -3.72. The Bertz CT molecular complexity index is 603. The highest BCUT2D eigenvalue weighted by Crippen LogP contribution is 2.30. The quantitative estimate of drug-likeness (QED) is 0.520. The van der Waals surface area contributed by atoms with Crippen LogP contribution in [0.15, 0.2) is 36.5 Å². The van der Waals surface area contributed by atoms with Gasteiger partial charge in [0.25, 0.3) is 0 Å². The number of nitrogens with zero attached hydrogens (tertiary/aromatic N) is 1. The second-order valence-corrected chi connectivity index (χ2v) is 4.63. The minimum Gasteiger partial charge on any atom is -0.271 e. The lowest BCUT2D eigenvalue weighted by atomic mass is 10.0. The van der Waals surface area contributed by atoms with E-state index in [0.29, 0.717) is 11.1 Å². The van der Waals surface area contributed by atoms with Crippen molar-refractivity contribution in [1.82, 2.24) is 10.4 Å². The van der Waals surface area contributed by atoms with Crippen LogP contribution in [0.3, 0.4) is 0 Å². The zero-order valence-corrected chi connectivity index (χ0v) is 11.1. The largest absolute Gasteiger partial charge is 0.417 e. The molecule has 1 aromatic carbocycles. The first kappa shape index (κ1) is 15.4. The smallest absolute Gasteiger partial charge is 0.271 e. The van der Waals surface area contributed by atoms with E-state index in [1.54, 1.807) is 13.0 Å². The van der Waals surface area contributed by atoms with Gasteiger partial charge in [-0.25, -0.2) is 9.82 Å². The molecule has 0 aliphatic carbocycles. The highest BCUT2D eigenvalue weighted by Gasteiger charge is 2.31. The summed E-state index contributed by atoms with van der Waals surface area (Å²) in [5, 5.41) is 0. The van der Waals surface area contributed by atoms with Crippen LogP contribution in [0.25, 0.3) is 0 Å². The van der Waals surface area contributed by atoms with Gasteiger partial charge in [-0.2, -0.15) is 13.2 Å². The van der Waals surface area contributed by atoms with E-state index in [9.17, 15) is 17.6 Å². The van der Waals surface area contributed by atoms with Crippen LogP contribution in [0.5, 0.6) is 0 Å². The monoisotopic (exact) mass is 299 g/mol. The first-order chi connectivity index (χ1) is 9.81. The number of nitrogens with two attached hydrogens (primary N) is 1. The van der Waals surface area contributed by atoms with Crippen molar-refractivity contribution in [2.45, 2.75) is 19.1 Å². The molecule has 1 heterocycles. The number of nitrogens with one attached hydrogen (secondary N) is 1. The van der Waals surface area contributed by atoms with Crippen molar-refractivity contribution in [3.63, 3.8) is 0 Å². The molecule has 7 heteroatoms. The fraction of sp³-hybridized carbons (Fsp3) is 0.214. The Balaban J connectivity index is 2.37. The molecule has 1 aromatic heterocycles. The van der Waals surface area contributed by atoms with Gasteiger partial charge in [-0.15, -0.1) is 0 Å². The van der Waals surface area contributed by atoms with Gasteiger partial charge in [0, 0.05) is 6.20 Å². The van der Waals surface area contributed by atoms with Crippen LogP contribution in [0.4, 0.5) is 17.6 Å². The fourth-order valence-corrected chi connectivity index (χ4v) is 2.03. The second kappa shape index (κ2) is 5.79. The molecule has 0 bridgehead atoms.